The van der Waals surface area contributed by atoms with E-state index < -0.39 is 0 Å². The van der Waals surface area contributed by atoms with E-state index in [2.05, 4.69) is 53.4 Å². The fourth-order valence-corrected chi connectivity index (χ4v) is 3.74. The Labute approximate surface area is 115 Å². The van der Waals surface area contributed by atoms with Gasteiger partial charge in [-0.2, -0.15) is 0 Å². The maximum atomic E-state index is 6.32. The summed E-state index contributed by atoms with van der Waals surface area (Å²) in [5, 5.41) is 3.52. The van der Waals surface area contributed by atoms with Gasteiger partial charge in [0.1, 0.15) is 0 Å². The smallest absolute Gasteiger partial charge is 0.0488 e. The van der Waals surface area contributed by atoms with Gasteiger partial charge in [-0.15, -0.1) is 11.3 Å². The molecule has 1 aromatic carbocycles. The molecular formula is C14H18BrNS. The molecule has 0 fully saturated rings. The molecule has 2 aromatic rings. The standard InChI is InChI=1S/C14H18BrNS/c1-3-9(2)7-13(16)11-8-17-14-10(11)5-4-6-12(14)15/h4-6,8-9,13H,3,7,16H2,1-2H3. The zero-order valence-corrected chi connectivity index (χ0v) is 12.6. The SMILES string of the molecule is CCC(C)CC(N)c1csc2c(Br)cccc12. The minimum absolute atomic E-state index is 0.160. The van der Waals surface area contributed by atoms with Crippen molar-refractivity contribution in [3.05, 3.63) is 33.6 Å². The Balaban J connectivity index is 2.33. The topological polar surface area (TPSA) is 26.0 Å². The van der Waals surface area contributed by atoms with Crippen LogP contribution in [0.25, 0.3) is 10.1 Å². The first-order valence-corrected chi connectivity index (χ1v) is 7.72. The number of thiophene rings is 1. The Hall–Kier alpha value is -0.380. The van der Waals surface area contributed by atoms with E-state index in [0.717, 1.165) is 6.42 Å². The minimum atomic E-state index is 0.160. The second-order valence-corrected chi connectivity index (χ2v) is 6.40. The summed E-state index contributed by atoms with van der Waals surface area (Å²) in [6.45, 7) is 4.49. The lowest BCUT2D eigenvalue weighted by atomic mass is 9.95. The predicted octanol–water partition coefficient (Wildman–Crippen LogP) is 5.10. The molecule has 2 N–H and O–H groups in total. The highest BCUT2D eigenvalue weighted by Gasteiger charge is 2.15. The second-order valence-electron chi connectivity index (χ2n) is 4.66. The van der Waals surface area contributed by atoms with Gasteiger partial charge >= 0.3 is 0 Å². The number of hydrogen-bond donors (Lipinski definition) is 1. The van der Waals surface area contributed by atoms with E-state index >= 15 is 0 Å². The first kappa shape index (κ1) is 13.1. The molecular weight excluding hydrogens is 294 g/mol. The van der Waals surface area contributed by atoms with Crippen LogP contribution in [-0.2, 0) is 0 Å². The number of halogens is 1. The van der Waals surface area contributed by atoms with Crippen LogP contribution in [0.3, 0.4) is 0 Å². The van der Waals surface area contributed by atoms with Gasteiger partial charge in [-0.3, -0.25) is 0 Å². The summed E-state index contributed by atoms with van der Waals surface area (Å²) in [6, 6.07) is 6.50. The van der Waals surface area contributed by atoms with Crippen molar-refractivity contribution < 1.29 is 0 Å². The van der Waals surface area contributed by atoms with E-state index in [-0.39, 0.29) is 6.04 Å². The van der Waals surface area contributed by atoms with E-state index in [1.54, 1.807) is 11.3 Å². The average molecular weight is 312 g/mol. The van der Waals surface area contributed by atoms with Crippen molar-refractivity contribution >= 4 is 37.4 Å². The summed E-state index contributed by atoms with van der Waals surface area (Å²) < 4.78 is 2.48. The van der Waals surface area contributed by atoms with Crippen molar-refractivity contribution in [3.8, 4) is 0 Å². The third-order valence-electron chi connectivity index (χ3n) is 3.33. The summed E-state index contributed by atoms with van der Waals surface area (Å²) in [5.41, 5.74) is 7.62. The molecule has 0 aliphatic rings. The number of rotatable bonds is 4. The van der Waals surface area contributed by atoms with Gasteiger partial charge in [-0.25, -0.2) is 0 Å². The second kappa shape index (κ2) is 5.51. The molecule has 0 radical (unpaired) electrons. The molecule has 2 unspecified atom stereocenters. The molecule has 0 saturated heterocycles. The fraction of sp³-hybridized carbons (Fsp3) is 0.429. The van der Waals surface area contributed by atoms with Crippen molar-refractivity contribution in [2.75, 3.05) is 0 Å². The molecule has 1 nitrogen and oxygen atoms in total. The summed E-state index contributed by atoms with van der Waals surface area (Å²) in [6.07, 6.45) is 2.26. The molecule has 1 aromatic heterocycles. The maximum Gasteiger partial charge on any atom is 0.0488 e. The van der Waals surface area contributed by atoms with Crippen LogP contribution in [0.4, 0.5) is 0 Å². The first-order valence-electron chi connectivity index (χ1n) is 6.04. The van der Waals surface area contributed by atoms with Crippen LogP contribution < -0.4 is 5.73 Å². The Morgan fingerprint density at radius 1 is 1.41 bits per heavy atom. The maximum absolute atomic E-state index is 6.32. The van der Waals surface area contributed by atoms with Crippen LogP contribution in [-0.4, -0.2) is 0 Å². The average Bonchev–Trinajstić information content (AvgIpc) is 2.74. The molecule has 2 rings (SSSR count). The highest BCUT2D eigenvalue weighted by molar-refractivity contribution is 9.10. The number of hydrogen-bond acceptors (Lipinski definition) is 2. The molecule has 2 atom stereocenters. The quantitative estimate of drug-likeness (QED) is 0.835. The fourth-order valence-electron chi connectivity index (χ4n) is 2.06. The van der Waals surface area contributed by atoms with E-state index in [1.807, 2.05) is 0 Å². The summed E-state index contributed by atoms with van der Waals surface area (Å²) >= 11 is 5.37. The van der Waals surface area contributed by atoms with E-state index in [0.29, 0.717) is 5.92 Å². The van der Waals surface area contributed by atoms with Gasteiger partial charge in [0.25, 0.3) is 0 Å². The predicted molar refractivity (Wildman–Crippen MR) is 80.5 cm³/mol. The lowest BCUT2D eigenvalue weighted by Crippen LogP contribution is -2.13. The molecule has 1 heterocycles. The Kier molecular flexibility index (Phi) is 4.23. The lowest BCUT2D eigenvalue weighted by molar-refractivity contribution is 0.463. The van der Waals surface area contributed by atoms with Crippen LogP contribution in [0.15, 0.2) is 28.1 Å². The normalized spacial score (nSPS) is 15.1. The van der Waals surface area contributed by atoms with Crippen LogP contribution >= 0.6 is 27.3 Å². The third kappa shape index (κ3) is 2.72. The number of benzene rings is 1. The van der Waals surface area contributed by atoms with Crippen LogP contribution in [0.2, 0.25) is 0 Å². The molecule has 3 heteroatoms. The van der Waals surface area contributed by atoms with Gasteiger partial charge in [0.2, 0.25) is 0 Å². The minimum Gasteiger partial charge on any atom is -0.324 e. The molecule has 0 aliphatic heterocycles. The van der Waals surface area contributed by atoms with Crippen LogP contribution in [0.5, 0.6) is 0 Å². The van der Waals surface area contributed by atoms with E-state index in [9.17, 15) is 0 Å². The summed E-state index contributed by atoms with van der Waals surface area (Å²) in [5.74, 6) is 0.687. The highest BCUT2D eigenvalue weighted by atomic mass is 79.9. The number of nitrogens with two attached hydrogens (primary N) is 1. The first-order chi connectivity index (χ1) is 8.13. The largest absolute Gasteiger partial charge is 0.324 e. The summed E-state index contributed by atoms with van der Waals surface area (Å²) in [4.78, 5) is 0. The van der Waals surface area contributed by atoms with Gasteiger partial charge in [0.15, 0.2) is 0 Å². The molecule has 17 heavy (non-hydrogen) atoms. The molecule has 0 saturated carbocycles. The molecule has 0 aliphatic carbocycles. The van der Waals surface area contributed by atoms with Gasteiger partial charge in [-0.1, -0.05) is 32.4 Å². The highest BCUT2D eigenvalue weighted by Crippen LogP contribution is 2.36. The number of fused-ring (bicyclic) bond motifs is 1. The lowest BCUT2D eigenvalue weighted by Gasteiger charge is -2.15. The van der Waals surface area contributed by atoms with Gasteiger partial charge < -0.3 is 5.73 Å². The molecule has 0 spiro atoms. The van der Waals surface area contributed by atoms with Crippen molar-refractivity contribution in [1.29, 1.82) is 0 Å². The Morgan fingerprint density at radius 2 is 2.18 bits per heavy atom. The zero-order valence-electron chi connectivity index (χ0n) is 10.2. The third-order valence-corrected chi connectivity index (χ3v) is 5.31. The van der Waals surface area contributed by atoms with Crippen molar-refractivity contribution in [1.82, 2.24) is 0 Å². The monoisotopic (exact) mass is 311 g/mol. The van der Waals surface area contributed by atoms with Gasteiger partial charge in [0, 0.05) is 15.2 Å². The van der Waals surface area contributed by atoms with E-state index in [1.165, 1.54) is 26.5 Å². The van der Waals surface area contributed by atoms with Crippen molar-refractivity contribution in [2.24, 2.45) is 11.7 Å². The summed E-state index contributed by atoms with van der Waals surface area (Å²) in [7, 11) is 0. The molecule has 0 amide bonds. The molecule has 92 valence electrons. The van der Waals surface area contributed by atoms with Gasteiger partial charge in [0.05, 0.1) is 0 Å². The van der Waals surface area contributed by atoms with E-state index in [4.69, 9.17) is 5.73 Å². The zero-order chi connectivity index (χ0) is 12.4. The van der Waals surface area contributed by atoms with Gasteiger partial charge in [-0.05, 0) is 50.7 Å². The van der Waals surface area contributed by atoms with Crippen LogP contribution in [0, 0.1) is 5.92 Å². The Bertz CT molecular complexity index is 506. The van der Waals surface area contributed by atoms with Crippen molar-refractivity contribution in [2.45, 2.75) is 32.7 Å². The van der Waals surface area contributed by atoms with Crippen LogP contribution in [0.1, 0.15) is 38.3 Å². The molecule has 0 bridgehead atoms. The Morgan fingerprint density at radius 3 is 2.88 bits per heavy atom. The van der Waals surface area contributed by atoms with Crippen molar-refractivity contribution in [3.63, 3.8) is 0 Å².